The Morgan fingerprint density at radius 2 is 1.55 bits per heavy atom. The van der Waals surface area contributed by atoms with Gasteiger partial charge in [0.2, 0.25) is 5.91 Å². The normalized spacial score (nSPS) is 16.2. The monoisotopic (exact) mass is 464 g/mol. The first-order valence-corrected chi connectivity index (χ1v) is 12.0. The number of benzene rings is 3. The van der Waals surface area contributed by atoms with Gasteiger partial charge in [0.1, 0.15) is 6.10 Å². The number of amides is 1. The van der Waals surface area contributed by atoms with E-state index < -0.39 is 28.2 Å². The van der Waals surface area contributed by atoms with Gasteiger partial charge in [-0.15, -0.1) is 0 Å². The Morgan fingerprint density at radius 1 is 0.909 bits per heavy atom. The molecule has 1 N–H and O–H groups in total. The minimum absolute atomic E-state index is 0.0418. The van der Waals surface area contributed by atoms with E-state index in [9.17, 15) is 18.0 Å². The molecule has 3 aromatic rings. The topological polar surface area (TPSA) is 92.8 Å². The minimum Gasteiger partial charge on any atom is -0.454 e. The van der Waals surface area contributed by atoms with Gasteiger partial charge in [0.05, 0.1) is 12.1 Å². The highest BCUT2D eigenvalue weighted by Crippen LogP contribution is 2.25. The van der Waals surface area contributed by atoms with Crippen LogP contribution < -0.4 is 4.72 Å². The minimum atomic E-state index is -3.79. The van der Waals surface area contributed by atoms with Crippen LogP contribution >= 0.6 is 0 Å². The van der Waals surface area contributed by atoms with Crippen LogP contribution in [0.4, 0.5) is 0 Å². The highest BCUT2D eigenvalue weighted by atomic mass is 32.2. The van der Waals surface area contributed by atoms with Crippen LogP contribution in [0.15, 0.2) is 84.9 Å². The van der Waals surface area contributed by atoms with Crippen LogP contribution in [0.25, 0.3) is 0 Å². The molecule has 1 amide bonds. The molecule has 1 unspecified atom stereocenters. The number of nitrogens with zero attached hydrogens (tertiary/aromatic N) is 1. The van der Waals surface area contributed by atoms with Crippen LogP contribution in [0.2, 0.25) is 0 Å². The molecule has 0 radical (unpaired) electrons. The average molecular weight is 465 g/mol. The quantitative estimate of drug-likeness (QED) is 0.516. The van der Waals surface area contributed by atoms with Gasteiger partial charge in [-0.3, -0.25) is 4.79 Å². The number of aryl methyl sites for hydroxylation is 1. The summed E-state index contributed by atoms with van der Waals surface area (Å²) < 4.78 is 32.6. The van der Waals surface area contributed by atoms with E-state index >= 15 is 0 Å². The second kappa shape index (κ2) is 9.97. The van der Waals surface area contributed by atoms with Gasteiger partial charge in [-0.25, -0.2) is 9.52 Å². The van der Waals surface area contributed by atoms with E-state index in [1.807, 2.05) is 65.4 Å². The Balaban J connectivity index is 1.43. The van der Waals surface area contributed by atoms with Crippen molar-refractivity contribution in [3.8, 4) is 0 Å². The number of nitrogens with one attached hydrogen (secondary N) is 1. The fourth-order valence-corrected chi connectivity index (χ4v) is 4.77. The summed E-state index contributed by atoms with van der Waals surface area (Å²) in [5, 5.41) is 0. The number of hydrogen-bond donors (Lipinski definition) is 1. The smallest absolute Gasteiger partial charge is 0.338 e. The van der Waals surface area contributed by atoms with Crippen LogP contribution in [-0.2, 0) is 32.7 Å². The highest BCUT2D eigenvalue weighted by molar-refractivity contribution is 7.88. The van der Waals surface area contributed by atoms with Gasteiger partial charge in [0.25, 0.3) is 0 Å². The van der Waals surface area contributed by atoms with Crippen molar-refractivity contribution in [2.75, 3.05) is 6.54 Å². The molecule has 1 saturated heterocycles. The SMILES string of the molecule is O=C1CN(Cc2ccc(C(=O)OC(CCc3ccccc3)c3ccccc3)cc2)S(=O)(=O)N1. The van der Waals surface area contributed by atoms with Gasteiger partial charge in [-0.2, -0.15) is 12.7 Å². The van der Waals surface area contributed by atoms with Crippen LogP contribution in [0, 0.1) is 0 Å². The predicted molar refractivity (Wildman–Crippen MR) is 123 cm³/mol. The van der Waals surface area contributed by atoms with Gasteiger partial charge in [0, 0.05) is 6.54 Å². The van der Waals surface area contributed by atoms with Crippen molar-refractivity contribution in [3.05, 3.63) is 107 Å². The molecule has 0 aliphatic carbocycles. The van der Waals surface area contributed by atoms with Gasteiger partial charge in [0.15, 0.2) is 0 Å². The summed E-state index contributed by atoms with van der Waals surface area (Å²) in [6, 6.07) is 26.2. The van der Waals surface area contributed by atoms with Gasteiger partial charge in [-0.1, -0.05) is 72.8 Å². The standard InChI is InChI=1S/C25H24N2O5S/c28-24-18-27(33(30,31)26-24)17-20-11-14-22(15-12-20)25(29)32-23(21-9-5-2-6-10-21)16-13-19-7-3-1-4-8-19/h1-12,14-15,23H,13,16-18H2,(H,26,28). The molecule has 170 valence electrons. The summed E-state index contributed by atoms with van der Waals surface area (Å²) in [7, 11) is -3.79. The van der Waals surface area contributed by atoms with E-state index in [4.69, 9.17) is 4.74 Å². The van der Waals surface area contributed by atoms with E-state index in [-0.39, 0.29) is 13.1 Å². The fourth-order valence-electron chi connectivity index (χ4n) is 3.68. The summed E-state index contributed by atoms with van der Waals surface area (Å²) in [4.78, 5) is 24.2. The molecule has 0 saturated carbocycles. The zero-order chi connectivity index (χ0) is 23.3. The number of carbonyl (C=O) groups is 2. The summed E-state index contributed by atoms with van der Waals surface area (Å²) in [6.07, 6.45) is 1.01. The van der Waals surface area contributed by atoms with E-state index in [1.165, 1.54) is 5.56 Å². The van der Waals surface area contributed by atoms with Crippen LogP contribution in [0.5, 0.6) is 0 Å². The maximum absolute atomic E-state index is 12.9. The highest BCUT2D eigenvalue weighted by Gasteiger charge is 2.33. The third kappa shape index (κ3) is 5.85. The second-order valence-electron chi connectivity index (χ2n) is 7.82. The molecular formula is C25H24N2O5S. The lowest BCUT2D eigenvalue weighted by Crippen LogP contribution is -2.29. The Morgan fingerprint density at radius 3 is 2.15 bits per heavy atom. The van der Waals surface area contributed by atoms with Crippen molar-refractivity contribution in [1.82, 2.24) is 9.03 Å². The molecule has 0 bridgehead atoms. The lowest BCUT2D eigenvalue weighted by atomic mass is 10.0. The summed E-state index contributed by atoms with van der Waals surface area (Å²) >= 11 is 0. The zero-order valence-corrected chi connectivity index (χ0v) is 18.7. The maximum atomic E-state index is 12.9. The molecule has 7 nitrogen and oxygen atoms in total. The summed E-state index contributed by atoms with van der Waals surface area (Å²) in [6.45, 7) is -0.174. The lowest BCUT2D eigenvalue weighted by molar-refractivity contribution is -0.118. The summed E-state index contributed by atoms with van der Waals surface area (Å²) in [5.41, 5.74) is 3.13. The molecule has 8 heteroatoms. The lowest BCUT2D eigenvalue weighted by Gasteiger charge is -2.19. The third-order valence-electron chi connectivity index (χ3n) is 5.41. The fraction of sp³-hybridized carbons (Fsp3) is 0.200. The van der Waals surface area contributed by atoms with Crippen molar-refractivity contribution < 1.29 is 22.7 Å². The first-order chi connectivity index (χ1) is 15.9. The van der Waals surface area contributed by atoms with Crippen molar-refractivity contribution in [2.24, 2.45) is 0 Å². The molecule has 1 heterocycles. The van der Waals surface area contributed by atoms with Crippen LogP contribution in [0.1, 0.15) is 39.6 Å². The molecule has 1 aliphatic heterocycles. The second-order valence-corrected chi connectivity index (χ2v) is 9.49. The number of rotatable bonds is 8. The molecule has 1 aliphatic rings. The number of esters is 1. The molecule has 0 spiro atoms. The predicted octanol–water partition coefficient (Wildman–Crippen LogP) is 3.39. The Bertz CT molecular complexity index is 1210. The van der Waals surface area contributed by atoms with Crippen molar-refractivity contribution >= 4 is 22.1 Å². The molecule has 1 atom stereocenters. The van der Waals surface area contributed by atoms with Crippen molar-refractivity contribution in [2.45, 2.75) is 25.5 Å². The number of ether oxygens (including phenoxy) is 1. The molecular weight excluding hydrogens is 440 g/mol. The molecule has 4 rings (SSSR count). The van der Waals surface area contributed by atoms with Gasteiger partial charge in [-0.05, 0) is 41.7 Å². The van der Waals surface area contributed by atoms with E-state index in [2.05, 4.69) is 0 Å². The first-order valence-electron chi connectivity index (χ1n) is 10.6. The van der Waals surface area contributed by atoms with Gasteiger partial charge >= 0.3 is 16.2 Å². The zero-order valence-electron chi connectivity index (χ0n) is 17.9. The van der Waals surface area contributed by atoms with E-state index in [0.717, 1.165) is 16.3 Å². The van der Waals surface area contributed by atoms with Crippen molar-refractivity contribution in [1.29, 1.82) is 0 Å². The maximum Gasteiger partial charge on any atom is 0.338 e. The molecule has 0 aromatic heterocycles. The van der Waals surface area contributed by atoms with Crippen LogP contribution in [-0.4, -0.2) is 31.1 Å². The summed E-state index contributed by atoms with van der Waals surface area (Å²) in [5.74, 6) is -1.01. The largest absolute Gasteiger partial charge is 0.454 e. The number of carbonyl (C=O) groups excluding carboxylic acids is 2. The van der Waals surface area contributed by atoms with Crippen LogP contribution in [0.3, 0.4) is 0 Å². The first kappa shape index (κ1) is 22.7. The van der Waals surface area contributed by atoms with E-state index in [1.54, 1.807) is 24.3 Å². The van der Waals surface area contributed by atoms with Crippen molar-refractivity contribution in [3.63, 3.8) is 0 Å². The average Bonchev–Trinajstić information content (AvgIpc) is 3.08. The van der Waals surface area contributed by atoms with Gasteiger partial charge < -0.3 is 4.74 Å². The third-order valence-corrected chi connectivity index (χ3v) is 6.83. The van der Waals surface area contributed by atoms with E-state index in [0.29, 0.717) is 17.5 Å². The number of hydrogen-bond acceptors (Lipinski definition) is 5. The molecule has 3 aromatic carbocycles. The molecule has 33 heavy (non-hydrogen) atoms. The Hall–Kier alpha value is -3.49. The Kier molecular flexibility index (Phi) is 6.86. The molecule has 1 fully saturated rings. The Labute approximate surface area is 193 Å².